The number of nitrogen functional groups attached to an aromatic ring is 1. The van der Waals surface area contributed by atoms with Crippen molar-refractivity contribution in [2.24, 2.45) is 5.73 Å². The summed E-state index contributed by atoms with van der Waals surface area (Å²) in [7, 11) is 0. The first-order valence-electron chi connectivity index (χ1n) is 10.7. The van der Waals surface area contributed by atoms with Crippen LogP contribution in [-0.2, 0) is 23.3 Å². The number of hydrogen-bond donors (Lipinski definition) is 3. The van der Waals surface area contributed by atoms with Gasteiger partial charge in [-0.3, -0.25) is 0 Å². The van der Waals surface area contributed by atoms with Gasteiger partial charge in [-0.15, -0.1) is 0 Å². The van der Waals surface area contributed by atoms with Gasteiger partial charge in [-0.2, -0.15) is 0 Å². The molecule has 7 nitrogen and oxygen atoms in total. The number of para-hydroxylation sites is 2. The van der Waals surface area contributed by atoms with Crippen molar-refractivity contribution >= 4 is 54.5 Å². The molecule has 0 spiro atoms. The molecule has 2 heterocycles. The average Bonchev–Trinajstić information content (AvgIpc) is 3.40. The highest BCUT2D eigenvalue weighted by molar-refractivity contribution is 9.11. The smallest absolute Gasteiger partial charge is 0.331 e. The Hall–Kier alpha value is -1.94. The lowest BCUT2D eigenvalue weighted by molar-refractivity contribution is -0.144. The van der Waals surface area contributed by atoms with E-state index in [2.05, 4.69) is 36.8 Å². The number of halogens is 2. The lowest BCUT2D eigenvalue weighted by atomic mass is 9.90. The lowest BCUT2D eigenvalue weighted by Crippen LogP contribution is -2.49. The van der Waals surface area contributed by atoms with Crippen LogP contribution >= 0.6 is 31.9 Å². The molecule has 1 aliphatic rings. The number of carboxylic acids is 1. The summed E-state index contributed by atoms with van der Waals surface area (Å²) in [5.74, 6) is -0.741. The first-order valence-corrected chi connectivity index (χ1v) is 12.3. The molecule has 2 aromatic carbocycles. The fraction of sp³-hybridized carbons (Fsp3) is 0.391. The number of carbonyl (C=O) groups is 1. The van der Waals surface area contributed by atoms with Crippen LogP contribution in [0.25, 0.3) is 11.0 Å². The van der Waals surface area contributed by atoms with E-state index in [1.54, 1.807) is 0 Å². The van der Waals surface area contributed by atoms with Crippen LogP contribution in [0.1, 0.15) is 30.7 Å². The van der Waals surface area contributed by atoms with Crippen molar-refractivity contribution in [1.82, 2.24) is 14.5 Å². The Bertz CT molecular complexity index is 1120. The highest BCUT2D eigenvalue weighted by Crippen LogP contribution is 2.33. The van der Waals surface area contributed by atoms with Gasteiger partial charge in [0.2, 0.25) is 0 Å². The number of nitrogens with two attached hydrogens (primary N) is 2. The maximum absolute atomic E-state index is 12.5. The van der Waals surface area contributed by atoms with Crippen LogP contribution in [0.2, 0.25) is 0 Å². The van der Waals surface area contributed by atoms with E-state index in [1.165, 1.54) is 12.8 Å². The molecule has 3 aromatic rings. The zero-order valence-corrected chi connectivity index (χ0v) is 20.9. The first kappa shape index (κ1) is 23.2. The molecule has 0 unspecified atom stereocenters. The Morgan fingerprint density at radius 1 is 1.12 bits per heavy atom. The lowest BCUT2D eigenvalue weighted by Gasteiger charge is -2.26. The minimum absolute atomic E-state index is 0.0786. The predicted octanol–water partition coefficient (Wildman–Crippen LogP) is 4.11. The van der Waals surface area contributed by atoms with Gasteiger partial charge in [0.1, 0.15) is 5.82 Å². The normalized spacial score (nSPS) is 16.5. The summed E-state index contributed by atoms with van der Waals surface area (Å²) in [6.45, 7) is 3.91. The van der Waals surface area contributed by atoms with E-state index < -0.39 is 11.5 Å². The van der Waals surface area contributed by atoms with Crippen molar-refractivity contribution in [2.75, 3.05) is 25.4 Å². The Labute approximate surface area is 204 Å². The molecule has 0 amide bonds. The van der Waals surface area contributed by atoms with Gasteiger partial charge in [0, 0.05) is 21.9 Å². The maximum atomic E-state index is 12.5. The van der Waals surface area contributed by atoms with Crippen LogP contribution in [0.5, 0.6) is 0 Å². The minimum Gasteiger partial charge on any atom is -0.480 e. The minimum atomic E-state index is -1.69. The number of benzene rings is 2. The van der Waals surface area contributed by atoms with Crippen LogP contribution in [0, 0.1) is 0 Å². The molecule has 32 heavy (non-hydrogen) atoms. The monoisotopic (exact) mass is 563 g/mol. The summed E-state index contributed by atoms with van der Waals surface area (Å²) in [6, 6.07) is 11.3. The Balaban J connectivity index is 1.71. The molecule has 5 N–H and O–H groups in total. The molecule has 0 bridgehead atoms. The summed E-state index contributed by atoms with van der Waals surface area (Å²) in [6.07, 6.45) is 3.48. The number of rotatable bonds is 8. The second kappa shape index (κ2) is 9.51. The van der Waals surface area contributed by atoms with E-state index in [9.17, 15) is 9.90 Å². The van der Waals surface area contributed by atoms with E-state index in [0.717, 1.165) is 42.7 Å². The second-order valence-electron chi connectivity index (χ2n) is 8.40. The predicted molar refractivity (Wildman–Crippen MR) is 133 cm³/mol. The standard InChI is InChI=1S/C23H27Br2N5O2/c24-16-12-15(13-17(25)20(16)26)14-23(27,22(31)32)21-28-18-6-1-2-7-19(18)30(21)11-5-10-29-8-3-4-9-29/h1-2,6-7,12-13H,3-5,8-11,14,26-27H2,(H,31,32)/t23-/m1/s1. The van der Waals surface area contributed by atoms with Crippen molar-refractivity contribution < 1.29 is 9.90 Å². The largest absolute Gasteiger partial charge is 0.480 e. The van der Waals surface area contributed by atoms with E-state index >= 15 is 0 Å². The summed E-state index contributed by atoms with van der Waals surface area (Å²) in [4.78, 5) is 19.7. The second-order valence-corrected chi connectivity index (χ2v) is 10.1. The SMILES string of the molecule is Nc1c(Br)cc(C[C@](N)(C(=O)O)c2nc3ccccc3n2CCCN2CCCC2)cc1Br. The van der Waals surface area contributed by atoms with E-state index in [-0.39, 0.29) is 6.42 Å². The maximum Gasteiger partial charge on any atom is 0.331 e. The van der Waals surface area contributed by atoms with Crippen molar-refractivity contribution in [3.63, 3.8) is 0 Å². The number of aromatic nitrogens is 2. The molecule has 1 aromatic heterocycles. The zero-order valence-electron chi connectivity index (χ0n) is 17.7. The van der Waals surface area contributed by atoms with Gasteiger partial charge in [-0.25, -0.2) is 9.78 Å². The first-order chi connectivity index (χ1) is 15.3. The van der Waals surface area contributed by atoms with Crippen LogP contribution in [0.3, 0.4) is 0 Å². The third-order valence-electron chi connectivity index (χ3n) is 6.11. The van der Waals surface area contributed by atoms with E-state index in [0.29, 0.717) is 27.0 Å². The van der Waals surface area contributed by atoms with Gasteiger partial charge >= 0.3 is 5.97 Å². The van der Waals surface area contributed by atoms with Crippen LogP contribution < -0.4 is 11.5 Å². The molecule has 1 fully saturated rings. The molecular formula is C23H27Br2N5O2. The fourth-order valence-corrected chi connectivity index (χ4v) is 5.69. The quantitative estimate of drug-likeness (QED) is 0.355. The number of aliphatic carboxylic acids is 1. The Kier molecular flexibility index (Phi) is 6.90. The number of imidazole rings is 1. The van der Waals surface area contributed by atoms with Crippen molar-refractivity contribution in [3.05, 3.63) is 56.7 Å². The van der Waals surface area contributed by atoms with Crippen LogP contribution in [0.15, 0.2) is 45.3 Å². The number of fused-ring (bicyclic) bond motifs is 1. The molecule has 1 aliphatic heterocycles. The molecule has 0 radical (unpaired) electrons. The third kappa shape index (κ3) is 4.57. The number of carboxylic acid groups (broad SMARTS) is 1. The fourth-order valence-electron chi connectivity index (χ4n) is 4.41. The number of nitrogens with zero attached hydrogens (tertiary/aromatic N) is 3. The highest BCUT2D eigenvalue weighted by Gasteiger charge is 2.41. The topological polar surface area (TPSA) is 110 Å². The van der Waals surface area contributed by atoms with Gasteiger partial charge in [-0.05, 0) is 101 Å². The van der Waals surface area contributed by atoms with Gasteiger partial charge in [0.25, 0.3) is 0 Å². The summed E-state index contributed by atoms with van der Waals surface area (Å²) in [5, 5.41) is 10.3. The molecule has 0 aliphatic carbocycles. The molecule has 9 heteroatoms. The third-order valence-corrected chi connectivity index (χ3v) is 7.42. The zero-order chi connectivity index (χ0) is 22.9. The van der Waals surface area contributed by atoms with Crippen LogP contribution in [0.4, 0.5) is 5.69 Å². The van der Waals surface area contributed by atoms with Crippen LogP contribution in [-0.4, -0.2) is 45.2 Å². The van der Waals surface area contributed by atoms with Gasteiger partial charge < -0.3 is 26.0 Å². The Morgan fingerprint density at radius 3 is 2.44 bits per heavy atom. The molecule has 1 saturated heterocycles. The number of hydrogen-bond acceptors (Lipinski definition) is 5. The average molecular weight is 565 g/mol. The molecule has 170 valence electrons. The van der Waals surface area contributed by atoms with Crippen molar-refractivity contribution in [1.29, 1.82) is 0 Å². The summed E-state index contributed by atoms with van der Waals surface area (Å²) in [5.41, 5.74) is 13.9. The van der Waals surface area contributed by atoms with Gasteiger partial charge in [-0.1, -0.05) is 12.1 Å². The number of aryl methyl sites for hydroxylation is 1. The molecular weight excluding hydrogens is 538 g/mol. The number of anilines is 1. The van der Waals surface area contributed by atoms with Gasteiger partial charge in [0.05, 0.1) is 16.7 Å². The van der Waals surface area contributed by atoms with Gasteiger partial charge in [0.15, 0.2) is 5.54 Å². The summed E-state index contributed by atoms with van der Waals surface area (Å²) >= 11 is 6.88. The van der Waals surface area contributed by atoms with Crippen molar-refractivity contribution in [2.45, 2.75) is 37.8 Å². The van der Waals surface area contributed by atoms with Crippen molar-refractivity contribution in [3.8, 4) is 0 Å². The van der Waals surface area contributed by atoms with E-state index in [4.69, 9.17) is 16.5 Å². The molecule has 0 saturated carbocycles. The number of likely N-dealkylation sites (tertiary alicyclic amines) is 1. The highest BCUT2D eigenvalue weighted by atomic mass is 79.9. The molecule has 1 atom stereocenters. The molecule has 4 rings (SSSR count). The van der Waals surface area contributed by atoms with E-state index in [1.807, 2.05) is 41.0 Å². The Morgan fingerprint density at radius 2 is 1.78 bits per heavy atom. The summed E-state index contributed by atoms with van der Waals surface area (Å²) < 4.78 is 3.36.